The molecule has 0 saturated carbocycles. The van der Waals surface area contributed by atoms with Gasteiger partial charge in [0, 0.05) is 11.3 Å². The highest BCUT2D eigenvalue weighted by Crippen LogP contribution is 2.32. The standard InChI is InChI=1S/C25H23N3O5/c1-3-32-23(29)14-16-8-11-18(12-9-16)26-25(30)28-20-15-17(10-13-21(20)31-2)24-27-19-6-4-5-7-22(19)33-24/h4-13,15H,3,14H2,1-2H3,(H2,26,28,30). The van der Waals surface area contributed by atoms with Gasteiger partial charge in [0.2, 0.25) is 5.89 Å². The Bertz CT molecular complexity index is 1250. The molecule has 0 atom stereocenters. The van der Waals surface area contributed by atoms with E-state index in [0.717, 1.165) is 11.1 Å². The average molecular weight is 445 g/mol. The number of ether oxygens (including phenoxy) is 2. The van der Waals surface area contributed by atoms with E-state index in [1.807, 2.05) is 30.3 Å². The molecule has 0 bridgehead atoms. The van der Waals surface area contributed by atoms with Crippen LogP contribution in [-0.2, 0) is 16.0 Å². The Morgan fingerprint density at radius 2 is 1.79 bits per heavy atom. The Morgan fingerprint density at radius 3 is 2.52 bits per heavy atom. The fraction of sp³-hybridized carbons (Fsp3) is 0.160. The van der Waals surface area contributed by atoms with Gasteiger partial charge in [0.1, 0.15) is 11.3 Å². The highest BCUT2D eigenvalue weighted by atomic mass is 16.5. The molecule has 1 aromatic heterocycles. The number of benzene rings is 3. The molecule has 8 nitrogen and oxygen atoms in total. The van der Waals surface area contributed by atoms with Crippen molar-refractivity contribution in [3.8, 4) is 17.2 Å². The van der Waals surface area contributed by atoms with E-state index in [4.69, 9.17) is 13.9 Å². The zero-order chi connectivity index (χ0) is 23.2. The van der Waals surface area contributed by atoms with Crippen molar-refractivity contribution in [1.82, 2.24) is 4.98 Å². The molecule has 8 heteroatoms. The molecule has 4 rings (SSSR count). The minimum absolute atomic E-state index is 0.181. The summed E-state index contributed by atoms with van der Waals surface area (Å²) in [6.45, 7) is 2.11. The van der Waals surface area contributed by atoms with Crippen molar-refractivity contribution in [1.29, 1.82) is 0 Å². The number of carbonyl (C=O) groups excluding carboxylic acids is 2. The normalized spacial score (nSPS) is 10.6. The number of anilines is 2. The molecule has 0 saturated heterocycles. The van der Waals surface area contributed by atoms with Crippen LogP contribution in [-0.4, -0.2) is 30.7 Å². The number of nitrogens with one attached hydrogen (secondary N) is 2. The van der Waals surface area contributed by atoms with E-state index in [9.17, 15) is 9.59 Å². The van der Waals surface area contributed by atoms with Gasteiger partial charge in [-0.25, -0.2) is 9.78 Å². The molecule has 0 unspecified atom stereocenters. The summed E-state index contributed by atoms with van der Waals surface area (Å²) in [4.78, 5) is 28.7. The SMILES string of the molecule is CCOC(=O)Cc1ccc(NC(=O)Nc2cc(-c3nc4ccccc4o3)ccc2OC)cc1. The third kappa shape index (κ3) is 5.30. The van der Waals surface area contributed by atoms with Crippen molar-refractivity contribution >= 4 is 34.5 Å². The number of nitrogens with zero attached hydrogens (tertiary/aromatic N) is 1. The zero-order valence-electron chi connectivity index (χ0n) is 18.3. The molecule has 33 heavy (non-hydrogen) atoms. The van der Waals surface area contributed by atoms with E-state index in [1.165, 1.54) is 7.11 Å². The maximum atomic E-state index is 12.6. The first-order valence-electron chi connectivity index (χ1n) is 10.4. The molecule has 4 aromatic rings. The molecule has 0 aliphatic heterocycles. The predicted octanol–water partition coefficient (Wildman–Crippen LogP) is 5.25. The Balaban J connectivity index is 1.47. The lowest BCUT2D eigenvalue weighted by Gasteiger charge is -2.12. The third-order valence-electron chi connectivity index (χ3n) is 4.85. The second kappa shape index (κ2) is 9.86. The van der Waals surface area contributed by atoms with Crippen LogP contribution in [0.25, 0.3) is 22.6 Å². The van der Waals surface area contributed by atoms with Gasteiger partial charge in [0.25, 0.3) is 0 Å². The number of carbonyl (C=O) groups is 2. The maximum Gasteiger partial charge on any atom is 0.323 e. The van der Waals surface area contributed by atoms with Crippen LogP contribution in [0.2, 0.25) is 0 Å². The topological polar surface area (TPSA) is 103 Å². The fourth-order valence-corrected chi connectivity index (χ4v) is 3.30. The van der Waals surface area contributed by atoms with Gasteiger partial charge in [-0.3, -0.25) is 4.79 Å². The third-order valence-corrected chi connectivity index (χ3v) is 4.85. The number of methoxy groups -OCH3 is 1. The highest BCUT2D eigenvalue weighted by Gasteiger charge is 2.14. The van der Waals surface area contributed by atoms with E-state index in [0.29, 0.717) is 40.8 Å². The summed E-state index contributed by atoms with van der Waals surface area (Å²) in [6, 6.07) is 19.3. The minimum atomic E-state index is -0.443. The van der Waals surface area contributed by atoms with Crippen LogP contribution in [0.1, 0.15) is 12.5 Å². The summed E-state index contributed by atoms with van der Waals surface area (Å²) >= 11 is 0. The fourth-order valence-electron chi connectivity index (χ4n) is 3.30. The quantitative estimate of drug-likeness (QED) is 0.377. The monoisotopic (exact) mass is 445 g/mol. The molecule has 0 radical (unpaired) electrons. The van der Waals surface area contributed by atoms with Crippen molar-refractivity contribution < 1.29 is 23.5 Å². The van der Waals surface area contributed by atoms with Crippen molar-refractivity contribution in [3.63, 3.8) is 0 Å². The van der Waals surface area contributed by atoms with E-state index >= 15 is 0 Å². The molecule has 3 aromatic carbocycles. The molecule has 0 aliphatic carbocycles. The number of rotatable bonds is 7. The largest absolute Gasteiger partial charge is 0.495 e. The van der Waals surface area contributed by atoms with Crippen LogP contribution >= 0.6 is 0 Å². The molecular formula is C25H23N3O5. The lowest BCUT2D eigenvalue weighted by Crippen LogP contribution is -2.20. The number of aromatic nitrogens is 1. The first kappa shape index (κ1) is 21.9. The summed E-state index contributed by atoms with van der Waals surface area (Å²) in [7, 11) is 1.53. The van der Waals surface area contributed by atoms with Crippen LogP contribution in [0, 0.1) is 0 Å². The van der Waals surface area contributed by atoms with E-state index in [-0.39, 0.29) is 12.4 Å². The summed E-state index contributed by atoms with van der Waals surface area (Å²) < 4.78 is 16.2. The first-order chi connectivity index (χ1) is 16.1. The lowest BCUT2D eigenvalue weighted by molar-refractivity contribution is -0.142. The predicted molar refractivity (Wildman–Crippen MR) is 125 cm³/mol. The summed E-state index contributed by atoms with van der Waals surface area (Å²) in [6.07, 6.45) is 0.181. The number of hydrogen-bond acceptors (Lipinski definition) is 6. The first-order valence-corrected chi connectivity index (χ1v) is 10.4. The maximum absolute atomic E-state index is 12.6. The Kier molecular flexibility index (Phi) is 6.54. The van der Waals surface area contributed by atoms with Gasteiger partial charge in [0.15, 0.2) is 5.58 Å². The number of amides is 2. The van der Waals surface area contributed by atoms with Crippen molar-refractivity contribution in [3.05, 3.63) is 72.3 Å². The number of oxazole rings is 1. The number of esters is 1. The van der Waals surface area contributed by atoms with Gasteiger partial charge >= 0.3 is 12.0 Å². The number of urea groups is 1. The Hall–Kier alpha value is -4.33. The van der Waals surface area contributed by atoms with Crippen LogP contribution in [0.3, 0.4) is 0 Å². The van der Waals surface area contributed by atoms with Crippen LogP contribution in [0.4, 0.5) is 16.2 Å². The summed E-state index contributed by atoms with van der Waals surface area (Å²) in [5.41, 5.74) is 3.98. The van der Waals surface area contributed by atoms with Crippen LogP contribution in [0.15, 0.2) is 71.1 Å². The lowest BCUT2D eigenvalue weighted by atomic mass is 10.1. The molecule has 0 aliphatic rings. The number of hydrogen-bond donors (Lipinski definition) is 2. The Morgan fingerprint density at radius 1 is 1.00 bits per heavy atom. The van der Waals surface area contributed by atoms with Crippen molar-refractivity contribution in [2.75, 3.05) is 24.4 Å². The van der Waals surface area contributed by atoms with Gasteiger partial charge in [0.05, 0.1) is 25.8 Å². The number of fused-ring (bicyclic) bond motifs is 1. The molecule has 168 valence electrons. The van der Waals surface area contributed by atoms with Gasteiger partial charge in [-0.05, 0) is 55.0 Å². The van der Waals surface area contributed by atoms with Gasteiger partial charge in [-0.2, -0.15) is 0 Å². The molecule has 2 N–H and O–H groups in total. The second-order valence-electron chi connectivity index (χ2n) is 7.16. The van der Waals surface area contributed by atoms with E-state index in [1.54, 1.807) is 43.3 Å². The van der Waals surface area contributed by atoms with Gasteiger partial charge in [-0.1, -0.05) is 24.3 Å². The van der Waals surface area contributed by atoms with Crippen molar-refractivity contribution in [2.24, 2.45) is 0 Å². The van der Waals surface area contributed by atoms with Crippen LogP contribution in [0.5, 0.6) is 5.75 Å². The Labute approximate surface area is 190 Å². The molecule has 2 amide bonds. The van der Waals surface area contributed by atoms with Gasteiger partial charge in [-0.15, -0.1) is 0 Å². The molecule has 0 spiro atoms. The zero-order valence-corrected chi connectivity index (χ0v) is 18.3. The minimum Gasteiger partial charge on any atom is -0.495 e. The summed E-state index contributed by atoms with van der Waals surface area (Å²) in [5.74, 6) is 0.649. The highest BCUT2D eigenvalue weighted by molar-refractivity contribution is 6.01. The van der Waals surface area contributed by atoms with E-state index < -0.39 is 6.03 Å². The average Bonchev–Trinajstić information content (AvgIpc) is 3.25. The van der Waals surface area contributed by atoms with E-state index in [2.05, 4.69) is 15.6 Å². The molecular weight excluding hydrogens is 422 g/mol. The van der Waals surface area contributed by atoms with Gasteiger partial charge < -0.3 is 24.5 Å². The smallest absolute Gasteiger partial charge is 0.323 e. The second-order valence-corrected chi connectivity index (χ2v) is 7.16. The molecule has 0 fully saturated rings. The number of para-hydroxylation sites is 2. The van der Waals surface area contributed by atoms with Crippen LogP contribution < -0.4 is 15.4 Å². The molecule has 1 heterocycles. The van der Waals surface area contributed by atoms with Crippen molar-refractivity contribution in [2.45, 2.75) is 13.3 Å². The summed E-state index contributed by atoms with van der Waals surface area (Å²) in [5, 5.41) is 5.57.